The minimum absolute atomic E-state index is 0.0983. The predicted octanol–water partition coefficient (Wildman–Crippen LogP) is 3.53. The molecule has 29 heavy (non-hydrogen) atoms. The van der Waals surface area contributed by atoms with E-state index in [0.717, 1.165) is 51.9 Å². The van der Waals surface area contributed by atoms with E-state index in [2.05, 4.69) is 30.1 Å². The van der Waals surface area contributed by atoms with Gasteiger partial charge in [-0.2, -0.15) is 0 Å². The fraction of sp³-hybridized carbons (Fsp3) is 0.760. The van der Waals surface area contributed by atoms with Crippen molar-refractivity contribution >= 4 is 11.6 Å². The van der Waals surface area contributed by atoms with E-state index in [1.165, 1.54) is 18.4 Å². The van der Waals surface area contributed by atoms with Crippen LogP contribution in [-0.2, 0) is 9.59 Å². The molecule has 1 saturated heterocycles. The number of rotatable bonds is 3. The Balaban J connectivity index is 1.38. The smallest absolute Gasteiger partial charge is 0.155 e. The zero-order chi connectivity index (χ0) is 20.2. The maximum absolute atomic E-state index is 13.3. The maximum atomic E-state index is 13.3. The summed E-state index contributed by atoms with van der Waals surface area (Å²) in [5.74, 6) is 2.27. The van der Waals surface area contributed by atoms with Gasteiger partial charge in [-0.1, -0.05) is 31.1 Å². The highest BCUT2D eigenvalue weighted by Gasteiger charge is 2.57. The summed E-state index contributed by atoms with van der Waals surface area (Å²) in [5, 5.41) is 3.38. The molecule has 0 spiro atoms. The average Bonchev–Trinajstić information content (AvgIpc) is 3.06. The first-order valence-corrected chi connectivity index (χ1v) is 11.8. The Hall–Kier alpha value is -1.26. The summed E-state index contributed by atoms with van der Waals surface area (Å²) < 4.78 is 0. The quantitative estimate of drug-likeness (QED) is 0.742. The van der Waals surface area contributed by atoms with Crippen LogP contribution in [0, 0.1) is 28.6 Å². The molecule has 0 amide bonds. The number of allylic oxidation sites excluding steroid dienone is 4. The van der Waals surface area contributed by atoms with E-state index in [-0.39, 0.29) is 16.7 Å². The maximum Gasteiger partial charge on any atom is 0.155 e. The van der Waals surface area contributed by atoms with Gasteiger partial charge in [0, 0.05) is 43.9 Å². The third-order valence-electron chi connectivity index (χ3n) is 9.31. The van der Waals surface area contributed by atoms with Crippen LogP contribution < -0.4 is 5.32 Å². The number of nitrogens with zero attached hydrogens (tertiary/aromatic N) is 1. The molecule has 5 atom stereocenters. The Bertz CT molecular complexity index is 778. The Morgan fingerprint density at radius 1 is 1.17 bits per heavy atom. The normalized spacial score (nSPS) is 42.4. The lowest BCUT2D eigenvalue weighted by Gasteiger charge is -2.53. The van der Waals surface area contributed by atoms with E-state index < -0.39 is 0 Å². The number of ketones is 2. The van der Waals surface area contributed by atoms with Crippen molar-refractivity contribution in [2.45, 2.75) is 58.8 Å². The van der Waals surface area contributed by atoms with Gasteiger partial charge in [-0.25, -0.2) is 0 Å². The molecule has 158 valence electrons. The summed E-state index contributed by atoms with van der Waals surface area (Å²) in [5.41, 5.74) is 3.21. The molecule has 0 bridgehead atoms. The highest BCUT2D eigenvalue weighted by atomic mass is 16.1. The van der Waals surface area contributed by atoms with Crippen LogP contribution in [0.25, 0.3) is 0 Å². The lowest BCUT2D eigenvalue weighted by atomic mass is 9.51. The number of fused-ring (bicyclic) bond motifs is 5. The predicted molar refractivity (Wildman–Crippen MR) is 114 cm³/mol. The van der Waals surface area contributed by atoms with Gasteiger partial charge in [0.2, 0.25) is 0 Å². The monoisotopic (exact) mass is 396 g/mol. The number of carbonyl (C=O) groups is 2. The van der Waals surface area contributed by atoms with Crippen molar-refractivity contribution in [1.29, 1.82) is 0 Å². The van der Waals surface area contributed by atoms with E-state index >= 15 is 0 Å². The molecule has 0 aromatic heterocycles. The summed E-state index contributed by atoms with van der Waals surface area (Å²) >= 11 is 0. The number of nitrogens with one attached hydrogen (secondary N) is 1. The van der Waals surface area contributed by atoms with Gasteiger partial charge < -0.3 is 5.32 Å². The van der Waals surface area contributed by atoms with Gasteiger partial charge in [0.1, 0.15) is 5.78 Å². The third-order valence-corrected chi connectivity index (χ3v) is 9.31. The van der Waals surface area contributed by atoms with Crippen LogP contribution >= 0.6 is 0 Å². The van der Waals surface area contributed by atoms with Gasteiger partial charge >= 0.3 is 0 Å². The standard InChI is InChI=1S/C25H36N2O2/c1-24-9-7-18(28)15-17(24)3-4-19-20-5-6-22(25(20,2)10-8-21(19)24)23(29)16-27-13-11-26-12-14-27/h8,15,19-20,22,26H,3-7,9-14,16H2,1-2H3/t19-,20-,22+,24-,25-/m0/s1. The van der Waals surface area contributed by atoms with Gasteiger partial charge in [-0.3, -0.25) is 14.5 Å². The van der Waals surface area contributed by atoms with E-state index in [0.29, 0.717) is 36.4 Å². The summed E-state index contributed by atoms with van der Waals surface area (Å²) in [7, 11) is 0. The molecule has 1 N–H and O–H groups in total. The van der Waals surface area contributed by atoms with Crippen molar-refractivity contribution in [2.24, 2.45) is 28.6 Å². The fourth-order valence-electron chi connectivity index (χ4n) is 7.58. The van der Waals surface area contributed by atoms with Crippen molar-refractivity contribution in [3.8, 4) is 0 Å². The first-order valence-electron chi connectivity index (χ1n) is 11.8. The molecule has 4 heteroatoms. The zero-order valence-electron chi connectivity index (χ0n) is 18.1. The van der Waals surface area contributed by atoms with Crippen molar-refractivity contribution in [1.82, 2.24) is 10.2 Å². The van der Waals surface area contributed by atoms with Crippen LogP contribution in [0.1, 0.15) is 58.8 Å². The SMILES string of the molecule is C[C@]12CCC(=O)C=C1CC[C@@H]1C2=CC[C@]2(C)[C@@H](C(=O)CN3CCNCC3)CC[C@@H]12. The van der Waals surface area contributed by atoms with Crippen LogP contribution in [0.4, 0.5) is 0 Å². The molecule has 1 aliphatic heterocycles. The molecular formula is C25H36N2O2. The summed E-state index contributed by atoms with van der Waals surface area (Å²) in [6.07, 6.45) is 11.7. The van der Waals surface area contributed by atoms with Crippen molar-refractivity contribution < 1.29 is 9.59 Å². The molecule has 0 unspecified atom stereocenters. The second-order valence-corrected chi connectivity index (χ2v) is 10.7. The highest BCUT2D eigenvalue weighted by molar-refractivity contribution is 5.92. The van der Waals surface area contributed by atoms with Crippen LogP contribution in [0.2, 0.25) is 0 Å². The van der Waals surface area contributed by atoms with E-state index in [4.69, 9.17) is 0 Å². The average molecular weight is 397 g/mol. The molecule has 0 radical (unpaired) electrons. The van der Waals surface area contributed by atoms with Crippen molar-refractivity contribution in [3.05, 3.63) is 23.3 Å². The number of piperazine rings is 1. The summed E-state index contributed by atoms with van der Waals surface area (Å²) in [6.45, 7) is 9.44. The summed E-state index contributed by atoms with van der Waals surface area (Å²) in [4.78, 5) is 27.7. The van der Waals surface area contributed by atoms with E-state index in [1.807, 2.05) is 6.08 Å². The number of Topliss-reactive ketones (excluding diaryl/α,β-unsaturated/α-hetero) is 1. The van der Waals surface area contributed by atoms with Crippen LogP contribution in [0.15, 0.2) is 23.3 Å². The van der Waals surface area contributed by atoms with Crippen LogP contribution in [0.5, 0.6) is 0 Å². The molecule has 4 aliphatic carbocycles. The molecule has 0 aromatic carbocycles. The second-order valence-electron chi connectivity index (χ2n) is 10.7. The van der Waals surface area contributed by atoms with Crippen molar-refractivity contribution in [3.63, 3.8) is 0 Å². The highest BCUT2D eigenvalue weighted by Crippen LogP contribution is 2.64. The molecule has 5 rings (SSSR count). The van der Waals surface area contributed by atoms with E-state index in [1.54, 1.807) is 5.57 Å². The first-order chi connectivity index (χ1) is 13.9. The lowest BCUT2D eigenvalue weighted by Crippen LogP contribution is -2.49. The topological polar surface area (TPSA) is 49.4 Å². The minimum Gasteiger partial charge on any atom is -0.314 e. The van der Waals surface area contributed by atoms with Crippen molar-refractivity contribution in [2.75, 3.05) is 32.7 Å². The Labute approximate surface area is 175 Å². The lowest BCUT2D eigenvalue weighted by molar-refractivity contribution is -0.128. The minimum atomic E-state index is 0.0983. The largest absolute Gasteiger partial charge is 0.314 e. The number of hydrogen-bond donors (Lipinski definition) is 1. The van der Waals surface area contributed by atoms with Gasteiger partial charge in [0.25, 0.3) is 0 Å². The molecule has 4 nitrogen and oxygen atoms in total. The second kappa shape index (κ2) is 7.16. The molecule has 1 heterocycles. The molecular weight excluding hydrogens is 360 g/mol. The fourth-order valence-corrected chi connectivity index (χ4v) is 7.58. The Kier molecular flexibility index (Phi) is 4.86. The third kappa shape index (κ3) is 3.09. The van der Waals surface area contributed by atoms with Gasteiger partial charge in [-0.15, -0.1) is 0 Å². The van der Waals surface area contributed by atoms with Crippen LogP contribution in [-0.4, -0.2) is 49.2 Å². The zero-order valence-corrected chi connectivity index (χ0v) is 18.1. The van der Waals surface area contributed by atoms with E-state index in [9.17, 15) is 9.59 Å². The van der Waals surface area contributed by atoms with Gasteiger partial charge in [0.05, 0.1) is 6.54 Å². The first kappa shape index (κ1) is 19.7. The number of carbonyl (C=O) groups excluding carboxylic acids is 2. The summed E-state index contributed by atoms with van der Waals surface area (Å²) in [6, 6.07) is 0. The van der Waals surface area contributed by atoms with Gasteiger partial charge in [-0.05, 0) is 61.9 Å². The molecule has 2 saturated carbocycles. The Morgan fingerprint density at radius 2 is 1.97 bits per heavy atom. The molecule has 5 aliphatic rings. The van der Waals surface area contributed by atoms with Crippen LogP contribution in [0.3, 0.4) is 0 Å². The molecule has 3 fully saturated rings. The molecule has 0 aromatic rings. The Morgan fingerprint density at radius 3 is 2.76 bits per heavy atom. The number of hydrogen-bond acceptors (Lipinski definition) is 4. The van der Waals surface area contributed by atoms with Gasteiger partial charge in [0.15, 0.2) is 5.78 Å².